The number of benzene rings is 2. The van der Waals surface area contributed by atoms with Crippen LogP contribution in [0.1, 0.15) is 38.8 Å². The summed E-state index contributed by atoms with van der Waals surface area (Å²) in [5, 5.41) is 3.55. The van der Waals surface area contributed by atoms with Crippen molar-refractivity contribution in [3.63, 3.8) is 0 Å². The fourth-order valence-corrected chi connectivity index (χ4v) is 3.85. The molecule has 0 bridgehead atoms. The SMILES string of the molecule is C[C@H](C(=O)NC(C)(C)C)N(Cc1ccccc1Cl)C(=O)CSCc1ccccc1. The lowest BCUT2D eigenvalue weighted by Crippen LogP contribution is -2.52. The van der Waals surface area contributed by atoms with Crippen LogP contribution in [0.25, 0.3) is 0 Å². The highest BCUT2D eigenvalue weighted by Crippen LogP contribution is 2.20. The van der Waals surface area contributed by atoms with Crippen LogP contribution in [-0.2, 0) is 21.9 Å². The van der Waals surface area contributed by atoms with Crippen LogP contribution in [0, 0.1) is 0 Å². The number of hydrogen-bond donors (Lipinski definition) is 1. The first-order valence-electron chi connectivity index (χ1n) is 9.64. The molecule has 2 aromatic rings. The maximum absolute atomic E-state index is 13.0. The summed E-state index contributed by atoms with van der Waals surface area (Å²) in [7, 11) is 0. The molecule has 0 aromatic heterocycles. The van der Waals surface area contributed by atoms with E-state index in [9.17, 15) is 9.59 Å². The van der Waals surface area contributed by atoms with Crippen molar-refractivity contribution in [2.24, 2.45) is 0 Å². The number of amides is 2. The number of rotatable bonds is 8. The molecule has 0 aliphatic heterocycles. The summed E-state index contributed by atoms with van der Waals surface area (Å²) < 4.78 is 0. The van der Waals surface area contributed by atoms with Gasteiger partial charge in [-0.2, -0.15) is 0 Å². The van der Waals surface area contributed by atoms with Gasteiger partial charge in [-0.25, -0.2) is 0 Å². The summed E-state index contributed by atoms with van der Waals surface area (Å²) in [5.41, 5.74) is 1.62. The number of thioether (sulfide) groups is 1. The first kappa shape index (κ1) is 23.3. The number of hydrogen-bond acceptors (Lipinski definition) is 3. The summed E-state index contributed by atoms with van der Waals surface area (Å²) in [6, 6.07) is 16.8. The van der Waals surface area contributed by atoms with Gasteiger partial charge in [0.2, 0.25) is 11.8 Å². The second-order valence-electron chi connectivity index (χ2n) is 8.01. The largest absolute Gasteiger partial charge is 0.350 e. The van der Waals surface area contributed by atoms with Crippen molar-refractivity contribution in [1.82, 2.24) is 10.2 Å². The highest BCUT2D eigenvalue weighted by molar-refractivity contribution is 7.99. The van der Waals surface area contributed by atoms with Gasteiger partial charge in [0.05, 0.1) is 5.75 Å². The van der Waals surface area contributed by atoms with E-state index in [1.54, 1.807) is 29.7 Å². The molecule has 2 rings (SSSR count). The standard InChI is InChI=1S/C23H29ClN2O2S/c1-17(22(28)25-23(2,3)4)26(14-19-12-8-9-13-20(19)24)21(27)16-29-15-18-10-6-5-7-11-18/h5-13,17H,14-16H2,1-4H3,(H,25,28)/t17-/m1/s1. The minimum absolute atomic E-state index is 0.0811. The lowest BCUT2D eigenvalue weighted by molar-refractivity contribution is -0.139. The minimum Gasteiger partial charge on any atom is -0.350 e. The van der Waals surface area contributed by atoms with Gasteiger partial charge in [-0.3, -0.25) is 9.59 Å². The van der Waals surface area contributed by atoms with Crippen LogP contribution in [-0.4, -0.2) is 34.0 Å². The summed E-state index contributed by atoms with van der Waals surface area (Å²) in [6.45, 7) is 7.83. The second-order valence-corrected chi connectivity index (χ2v) is 9.40. The Morgan fingerprint density at radius 2 is 1.69 bits per heavy atom. The molecule has 6 heteroatoms. The Morgan fingerprint density at radius 3 is 2.31 bits per heavy atom. The molecule has 4 nitrogen and oxygen atoms in total. The average Bonchev–Trinajstić information content (AvgIpc) is 2.66. The van der Waals surface area contributed by atoms with Crippen LogP contribution >= 0.6 is 23.4 Å². The first-order chi connectivity index (χ1) is 13.7. The molecule has 2 amide bonds. The number of nitrogens with zero attached hydrogens (tertiary/aromatic N) is 1. The third-order valence-electron chi connectivity index (χ3n) is 4.30. The van der Waals surface area contributed by atoms with Gasteiger partial charge >= 0.3 is 0 Å². The molecule has 29 heavy (non-hydrogen) atoms. The predicted molar refractivity (Wildman–Crippen MR) is 122 cm³/mol. The van der Waals surface area contributed by atoms with E-state index in [0.29, 0.717) is 17.3 Å². The molecule has 1 N–H and O–H groups in total. The van der Waals surface area contributed by atoms with Crippen LogP contribution in [0.15, 0.2) is 54.6 Å². The minimum atomic E-state index is -0.602. The summed E-state index contributed by atoms with van der Waals surface area (Å²) >= 11 is 7.85. The zero-order valence-electron chi connectivity index (χ0n) is 17.4. The fourth-order valence-electron chi connectivity index (χ4n) is 2.78. The molecule has 0 spiro atoms. The van der Waals surface area contributed by atoms with Crippen molar-refractivity contribution in [3.05, 3.63) is 70.7 Å². The number of carbonyl (C=O) groups is 2. The quantitative estimate of drug-likeness (QED) is 0.645. The van der Waals surface area contributed by atoms with E-state index in [2.05, 4.69) is 5.32 Å². The molecule has 156 valence electrons. The van der Waals surface area contributed by atoms with Gasteiger partial charge < -0.3 is 10.2 Å². The van der Waals surface area contributed by atoms with Gasteiger partial charge in [-0.1, -0.05) is 60.1 Å². The average molecular weight is 433 g/mol. The van der Waals surface area contributed by atoms with Gasteiger partial charge in [0, 0.05) is 22.9 Å². The van der Waals surface area contributed by atoms with E-state index < -0.39 is 6.04 Å². The molecule has 0 fully saturated rings. The normalized spacial score (nSPS) is 12.3. The van der Waals surface area contributed by atoms with Crippen LogP contribution in [0.2, 0.25) is 5.02 Å². The Kier molecular flexibility index (Phi) is 8.60. The Bertz CT molecular complexity index is 821. The summed E-state index contributed by atoms with van der Waals surface area (Å²) in [4.78, 5) is 27.4. The fraction of sp³-hybridized carbons (Fsp3) is 0.391. The van der Waals surface area contributed by atoms with Crippen LogP contribution < -0.4 is 5.32 Å². The van der Waals surface area contributed by atoms with E-state index in [4.69, 9.17) is 11.6 Å². The zero-order valence-corrected chi connectivity index (χ0v) is 19.0. The lowest BCUT2D eigenvalue weighted by atomic mass is 10.1. The highest BCUT2D eigenvalue weighted by atomic mass is 35.5. The highest BCUT2D eigenvalue weighted by Gasteiger charge is 2.28. The smallest absolute Gasteiger partial charge is 0.242 e. The van der Waals surface area contributed by atoms with Gasteiger partial charge in [0.1, 0.15) is 6.04 Å². The number of nitrogens with one attached hydrogen (secondary N) is 1. The second kappa shape index (κ2) is 10.7. The Balaban J connectivity index is 2.11. The van der Waals surface area contributed by atoms with Crippen molar-refractivity contribution in [2.45, 2.75) is 51.6 Å². The Labute approximate surface area is 183 Å². The molecule has 0 unspecified atom stereocenters. The summed E-state index contributed by atoms with van der Waals surface area (Å²) in [6.07, 6.45) is 0. The maximum Gasteiger partial charge on any atom is 0.242 e. The first-order valence-corrected chi connectivity index (χ1v) is 11.2. The zero-order chi connectivity index (χ0) is 21.4. The maximum atomic E-state index is 13.0. The molecule has 0 radical (unpaired) electrons. The lowest BCUT2D eigenvalue weighted by Gasteiger charge is -2.31. The topological polar surface area (TPSA) is 49.4 Å². The molecule has 2 aromatic carbocycles. The third kappa shape index (κ3) is 7.75. The van der Waals surface area contributed by atoms with Crippen molar-refractivity contribution in [2.75, 3.05) is 5.75 Å². The van der Waals surface area contributed by atoms with Crippen molar-refractivity contribution >= 4 is 35.2 Å². The van der Waals surface area contributed by atoms with E-state index in [1.165, 1.54) is 5.56 Å². The van der Waals surface area contributed by atoms with E-state index in [-0.39, 0.29) is 17.4 Å². The van der Waals surface area contributed by atoms with Crippen molar-refractivity contribution in [3.8, 4) is 0 Å². The molecule has 0 aliphatic carbocycles. The summed E-state index contributed by atoms with van der Waals surface area (Å²) in [5.74, 6) is 0.787. The van der Waals surface area contributed by atoms with Gasteiger partial charge in [-0.05, 0) is 44.9 Å². The molecular weight excluding hydrogens is 404 g/mol. The van der Waals surface area contributed by atoms with E-state index >= 15 is 0 Å². The monoisotopic (exact) mass is 432 g/mol. The van der Waals surface area contributed by atoms with Gasteiger partial charge in [-0.15, -0.1) is 11.8 Å². The van der Waals surface area contributed by atoms with Crippen LogP contribution in [0.5, 0.6) is 0 Å². The number of halogens is 1. The molecule has 0 saturated heterocycles. The van der Waals surface area contributed by atoms with Crippen LogP contribution in [0.4, 0.5) is 0 Å². The predicted octanol–water partition coefficient (Wildman–Crippen LogP) is 4.91. The Hall–Kier alpha value is -1.98. The van der Waals surface area contributed by atoms with Gasteiger partial charge in [0.25, 0.3) is 0 Å². The molecular formula is C23H29ClN2O2S. The number of carbonyl (C=O) groups excluding carboxylic acids is 2. The molecule has 0 heterocycles. The molecule has 1 atom stereocenters. The van der Waals surface area contributed by atoms with E-state index in [0.717, 1.165) is 11.3 Å². The van der Waals surface area contributed by atoms with Crippen molar-refractivity contribution < 1.29 is 9.59 Å². The Morgan fingerprint density at radius 1 is 1.07 bits per heavy atom. The van der Waals surface area contributed by atoms with Crippen LogP contribution in [0.3, 0.4) is 0 Å². The molecule has 0 aliphatic rings. The van der Waals surface area contributed by atoms with Gasteiger partial charge in [0.15, 0.2) is 0 Å². The van der Waals surface area contributed by atoms with E-state index in [1.807, 2.05) is 69.3 Å². The van der Waals surface area contributed by atoms with Crippen molar-refractivity contribution in [1.29, 1.82) is 0 Å². The molecule has 0 saturated carbocycles. The third-order valence-corrected chi connectivity index (χ3v) is 5.66.